The summed E-state index contributed by atoms with van der Waals surface area (Å²) in [5.74, 6) is 0.805. The first-order chi connectivity index (χ1) is 12.6. The number of nitrogens with two attached hydrogens (primary N) is 2. The lowest BCUT2D eigenvalue weighted by Gasteiger charge is -2.32. The van der Waals surface area contributed by atoms with Crippen LogP contribution < -0.4 is 16.2 Å². The molecule has 0 saturated carbocycles. The normalized spacial score (nSPS) is 13.2. The van der Waals surface area contributed by atoms with Crippen LogP contribution in [-0.2, 0) is 12.1 Å². The number of ether oxygens (including phenoxy) is 1. The van der Waals surface area contributed by atoms with Gasteiger partial charge in [0.15, 0.2) is 0 Å². The van der Waals surface area contributed by atoms with Gasteiger partial charge in [-0.2, -0.15) is 0 Å². The highest BCUT2D eigenvalue weighted by molar-refractivity contribution is 5.48. The van der Waals surface area contributed by atoms with Crippen LogP contribution in [0.1, 0.15) is 28.7 Å². The maximum absolute atomic E-state index is 6.93. The van der Waals surface area contributed by atoms with Crippen molar-refractivity contribution in [3.63, 3.8) is 0 Å². The van der Waals surface area contributed by atoms with Crippen LogP contribution in [-0.4, -0.2) is 6.54 Å². The first-order valence-corrected chi connectivity index (χ1v) is 8.96. The van der Waals surface area contributed by atoms with E-state index in [1.54, 1.807) is 0 Å². The lowest BCUT2D eigenvalue weighted by Crippen LogP contribution is -2.40. The molecule has 3 nitrogen and oxygen atoms in total. The molecule has 0 radical (unpaired) electrons. The quantitative estimate of drug-likeness (QED) is 0.676. The van der Waals surface area contributed by atoms with Crippen molar-refractivity contribution in [2.45, 2.75) is 25.5 Å². The number of hydrogen-bond donors (Lipinski definition) is 2. The van der Waals surface area contributed by atoms with Crippen LogP contribution in [0.2, 0.25) is 0 Å². The Morgan fingerprint density at radius 3 is 2.19 bits per heavy atom. The Balaban J connectivity index is 2.00. The van der Waals surface area contributed by atoms with Crippen molar-refractivity contribution in [3.05, 3.63) is 101 Å². The average molecular weight is 346 g/mol. The fourth-order valence-electron chi connectivity index (χ4n) is 3.25. The summed E-state index contributed by atoms with van der Waals surface area (Å²) in [6.07, 6.45) is 0.641. The van der Waals surface area contributed by atoms with Crippen molar-refractivity contribution in [1.82, 2.24) is 0 Å². The summed E-state index contributed by atoms with van der Waals surface area (Å²) in [5.41, 5.74) is 16.5. The largest absolute Gasteiger partial charge is 0.489 e. The molecule has 26 heavy (non-hydrogen) atoms. The van der Waals surface area contributed by atoms with E-state index in [4.69, 9.17) is 16.2 Å². The molecule has 3 aromatic rings. The predicted octanol–water partition coefficient (Wildman–Crippen LogP) is 4.13. The molecular formula is C23H26N2O. The number of aryl methyl sites for hydroxylation is 1. The highest BCUT2D eigenvalue weighted by Crippen LogP contribution is 2.37. The van der Waals surface area contributed by atoms with Gasteiger partial charge in [-0.25, -0.2) is 0 Å². The van der Waals surface area contributed by atoms with Gasteiger partial charge < -0.3 is 16.2 Å². The summed E-state index contributed by atoms with van der Waals surface area (Å²) >= 11 is 0. The third-order valence-corrected chi connectivity index (χ3v) is 4.68. The number of hydrogen-bond acceptors (Lipinski definition) is 3. The molecular weight excluding hydrogens is 320 g/mol. The summed E-state index contributed by atoms with van der Waals surface area (Å²) in [5, 5.41) is 0. The van der Waals surface area contributed by atoms with E-state index in [0.717, 1.165) is 28.0 Å². The highest BCUT2D eigenvalue weighted by Gasteiger charge is 2.32. The van der Waals surface area contributed by atoms with Gasteiger partial charge in [0.1, 0.15) is 12.4 Å². The minimum Gasteiger partial charge on any atom is -0.489 e. The molecule has 1 atom stereocenters. The zero-order valence-electron chi connectivity index (χ0n) is 15.2. The van der Waals surface area contributed by atoms with Crippen molar-refractivity contribution in [2.24, 2.45) is 11.5 Å². The smallest absolute Gasteiger partial charge is 0.125 e. The molecule has 134 valence electrons. The van der Waals surface area contributed by atoms with E-state index in [-0.39, 0.29) is 0 Å². The highest BCUT2D eigenvalue weighted by atomic mass is 16.5. The Morgan fingerprint density at radius 1 is 0.885 bits per heavy atom. The second kappa shape index (κ2) is 8.17. The van der Waals surface area contributed by atoms with Gasteiger partial charge in [-0.1, -0.05) is 78.4 Å². The summed E-state index contributed by atoms with van der Waals surface area (Å²) < 4.78 is 6.17. The molecule has 3 heteroatoms. The van der Waals surface area contributed by atoms with Crippen LogP contribution in [0.4, 0.5) is 0 Å². The second-order valence-corrected chi connectivity index (χ2v) is 6.65. The van der Waals surface area contributed by atoms with Crippen LogP contribution in [0.15, 0.2) is 78.9 Å². The van der Waals surface area contributed by atoms with E-state index in [1.165, 1.54) is 0 Å². The predicted molar refractivity (Wildman–Crippen MR) is 107 cm³/mol. The monoisotopic (exact) mass is 346 g/mol. The van der Waals surface area contributed by atoms with E-state index >= 15 is 0 Å². The minimum absolute atomic E-state index is 0.497. The maximum Gasteiger partial charge on any atom is 0.125 e. The van der Waals surface area contributed by atoms with E-state index in [2.05, 4.69) is 43.3 Å². The molecule has 0 aromatic heterocycles. The Bertz CT molecular complexity index is 833. The first kappa shape index (κ1) is 18.2. The van der Waals surface area contributed by atoms with Crippen LogP contribution in [0, 0.1) is 6.92 Å². The molecule has 0 saturated heterocycles. The first-order valence-electron chi connectivity index (χ1n) is 8.96. The van der Waals surface area contributed by atoms with Gasteiger partial charge in [0.25, 0.3) is 0 Å². The molecule has 0 bridgehead atoms. The molecule has 1 unspecified atom stereocenters. The van der Waals surface area contributed by atoms with Gasteiger partial charge in [0, 0.05) is 5.56 Å². The van der Waals surface area contributed by atoms with Crippen LogP contribution in [0.3, 0.4) is 0 Å². The lowest BCUT2D eigenvalue weighted by molar-refractivity contribution is 0.295. The fourth-order valence-corrected chi connectivity index (χ4v) is 3.25. The molecule has 3 rings (SSSR count). The molecule has 0 amide bonds. The van der Waals surface area contributed by atoms with Crippen LogP contribution in [0.5, 0.6) is 5.75 Å². The Hall–Kier alpha value is -2.62. The van der Waals surface area contributed by atoms with Crippen molar-refractivity contribution in [2.75, 3.05) is 6.54 Å². The average Bonchev–Trinajstić information content (AvgIpc) is 2.68. The van der Waals surface area contributed by atoms with Gasteiger partial charge in [-0.15, -0.1) is 0 Å². The summed E-state index contributed by atoms with van der Waals surface area (Å²) in [6, 6.07) is 26.4. The second-order valence-electron chi connectivity index (χ2n) is 6.65. The Morgan fingerprint density at radius 2 is 1.54 bits per heavy atom. The van der Waals surface area contributed by atoms with Crippen molar-refractivity contribution >= 4 is 0 Å². The van der Waals surface area contributed by atoms with Crippen molar-refractivity contribution in [3.8, 4) is 5.75 Å². The Kier molecular flexibility index (Phi) is 5.71. The summed E-state index contributed by atoms with van der Waals surface area (Å²) in [7, 11) is 0. The van der Waals surface area contributed by atoms with Crippen molar-refractivity contribution in [1.29, 1.82) is 0 Å². The van der Waals surface area contributed by atoms with Gasteiger partial charge in [-0.3, -0.25) is 0 Å². The summed E-state index contributed by atoms with van der Waals surface area (Å²) in [4.78, 5) is 0. The molecule has 3 aromatic carbocycles. The van der Waals surface area contributed by atoms with Crippen molar-refractivity contribution < 1.29 is 4.74 Å². The molecule has 0 aliphatic heterocycles. The fraction of sp³-hybridized carbons (Fsp3) is 0.217. The number of benzene rings is 3. The molecule has 0 aliphatic carbocycles. The molecule has 4 N–H and O–H groups in total. The SMILES string of the molecule is Cc1ccc(OCc2ccccc2)c(C(N)(CCN)c2ccccc2)c1. The number of rotatable bonds is 7. The molecule has 0 aliphatic rings. The van der Waals surface area contributed by atoms with E-state index in [1.807, 2.05) is 42.5 Å². The van der Waals surface area contributed by atoms with Crippen LogP contribution in [0.25, 0.3) is 0 Å². The van der Waals surface area contributed by atoms with E-state index in [0.29, 0.717) is 19.6 Å². The van der Waals surface area contributed by atoms with Crippen LogP contribution >= 0.6 is 0 Å². The zero-order valence-corrected chi connectivity index (χ0v) is 15.2. The van der Waals surface area contributed by atoms with Gasteiger partial charge >= 0.3 is 0 Å². The lowest BCUT2D eigenvalue weighted by atomic mass is 9.80. The Labute approximate surface area is 155 Å². The summed E-state index contributed by atoms with van der Waals surface area (Å²) in [6.45, 7) is 3.07. The van der Waals surface area contributed by atoms with Gasteiger partial charge in [0.2, 0.25) is 0 Å². The molecule has 0 fully saturated rings. The van der Waals surface area contributed by atoms with Gasteiger partial charge in [-0.05, 0) is 37.1 Å². The van der Waals surface area contributed by atoms with Gasteiger partial charge in [0.05, 0.1) is 5.54 Å². The van der Waals surface area contributed by atoms with E-state index < -0.39 is 5.54 Å². The molecule has 0 heterocycles. The standard InChI is InChI=1S/C23H26N2O/c1-18-12-13-22(26-17-19-8-4-2-5-9-19)21(16-18)23(25,14-15-24)20-10-6-3-7-11-20/h2-13,16H,14-15,17,24-25H2,1H3. The zero-order chi connectivity index (χ0) is 18.4. The third-order valence-electron chi connectivity index (χ3n) is 4.68. The molecule has 0 spiro atoms. The maximum atomic E-state index is 6.93. The minimum atomic E-state index is -0.686. The van der Waals surface area contributed by atoms with E-state index in [9.17, 15) is 0 Å². The topological polar surface area (TPSA) is 61.3 Å². The third kappa shape index (κ3) is 3.96.